The largest absolute Gasteiger partial charge is 0.493 e. The number of carbonyl (C=O) groups is 1. The molecule has 8 heteroatoms. The molecule has 3 aromatic rings. The fourth-order valence-corrected chi connectivity index (χ4v) is 3.17. The summed E-state index contributed by atoms with van der Waals surface area (Å²) in [4.78, 5) is 16.0. The molecule has 1 aromatic heterocycles. The van der Waals surface area contributed by atoms with Crippen molar-refractivity contribution in [2.75, 3.05) is 7.11 Å². The van der Waals surface area contributed by atoms with Crippen LogP contribution in [-0.2, 0) is 6.61 Å². The zero-order valence-electron chi connectivity index (χ0n) is 16.4. The minimum Gasteiger partial charge on any atom is -0.493 e. The van der Waals surface area contributed by atoms with Gasteiger partial charge < -0.3 is 9.47 Å². The topological polar surface area (TPSA) is 72.8 Å². The maximum Gasteiger partial charge on any atom is 0.274 e. The van der Waals surface area contributed by atoms with Crippen LogP contribution in [0.3, 0.4) is 0 Å². The number of hydrogen-bond donors (Lipinski definition) is 1. The Kier molecular flexibility index (Phi) is 7.27. The summed E-state index contributed by atoms with van der Waals surface area (Å²) in [5.74, 6) is 0.419. The van der Waals surface area contributed by atoms with Gasteiger partial charge in [-0.2, -0.15) is 5.10 Å². The first-order valence-corrected chi connectivity index (χ1v) is 9.73. The van der Waals surface area contributed by atoms with E-state index in [-0.39, 0.29) is 10.7 Å². The van der Waals surface area contributed by atoms with Gasteiger partial charge in [0.15, 0.2) is 11.5 Å². The Morgan fingerprint density at radius 2 is 2.03 bits per heavy atom. The van der Waals surface area contributed by atoms with Crippen LogP contribution in [0.15, 0.2) is 59.8 Å². The van der Waals surface area contributed by atoms with Gasteiger partial charge in [-0.3, -0.25) is 4.79 Å². The van der Waals surface area contributed by atoms with Crippen molar-refractivity contribution in [3.63, 3.8) is 0 Å². The van der Waals surface area contributed by atoms with Gasteiger partial charge in [0.25, 0.3) is 5.91 Å². The summed E-state index contributed by atoms with van der Waals surface area (Å²) in [7, 11) is 1.53. The number of ether oxygens (including phenoxy) is 2. The third-order valence-electron chi connectivity index (χ3n) is 4.10. The quantitative estimate of drug-likeness (QED) is 0.315. The molecule has 1 N–H and O–H groups in total. The van der Waals surface area contributed by atoms with Crippen molar-refractivity contribution in [1.82, 2.24) is 10.4 Å². The van der Waals surface area contributed by atoms with Crippen LogP contribution in [0.5, 0.6) is 11.5 Å². The van der Waals surface area contributed by atoms with E-state index in [1.54, 1.807) is 24.3 Å². The van der Waals surface area contributed by atoms with E-state index in [1.807, 2.05) is 31.2 Å². The molecule has 154 valence electrons. The Morgan fingerprint density at radius 3 is 2.77 bits per heavy atom. The Bertz CT molecular complexity index is 1090. The van der Waals surface area contributed by atoms with Gasteiger partial charge in [-0.1, -0.05) is 53.0 Å². The van der Waals surface area contributed by atoms with Gasteiger partial charge in [-0.05, 0) is 42.3 Å². The van der Waals surface area contributed by atoms with Gasteiger partial charge >= 0.3 is 0 Å². The third-order valence-corrected chi connectivity index (χ3v) is 4.68. The predicted octanol–water partition coefficient (Wildman–Crippen LogP) is 5.05. The second-order valence-electron chi connectivity index (χ2n) is 6.35. The number of rotatable bonds is 7. The van der Waals surface area contributed by atoms with Crippen molar-refractivity contribution in [3.8, 4) is 11.5 Å². The standard InChI is InChI=1S/C22H19Cl2N3O3/c1-14-5-3-6-15(9-14)13-30-20-18(23)10-16(11-19(20)29-2)12-26-27-22(28)17-7-4-8-25-21(17)24/h3-12H,13H2,1-2H3,(H,27,28). The molecule has 0 aliphatic heterocycles. The van der Waals surface area contributed by atoms with E-state index in [0.29, 0.717) is 28.7 Å². The number of hydrogen-bond acceptors (Lipinski definition) is 5. The number of pyridine rings is 1. The van der Waals surface area contributed by atoms with E-state index in [1.165, 1.54) is 19.5 Å². The summed E-state index contributed by atoms with van der Waals surface area (Å²) in [5.41, 5.74) is 5.43. The Hall–Kier alpha value is -3.09. The number of benzene rings is 2. The van der Waals surface area contributed by atoms with Crippen LogP contribution >= 0.6 is 23.2 Å². The lowest BCUT2D eigenvalue weighted by molar-refractivity contribution is 0.0955. The van der Waals surface area contributed by atoms with Crippen molar-refractivity contribution in [1.29, 1.82) is 0 Å². The molecular formula is C22H19Cl2N3O3. The van der Waals surface area contributed by atoms with E-state index in [2.05, 4.69) is 15.5 Å². The van der Waals surface area contributed by atoms with Gasteiger partial charge in [0.05, 0.1) is 23.9 Å². The van der Waals surface area contributed by atoms with E-state index >= 15 is 0 Å². The average molecular weight is 444 g/mol. The van der Waals surface area contributed by atoms with Crippen LogP contribution in [0.25, 0.3) is 0 Å². The van der Waals surface area contributed by atoms with Gasteiger partial charge in [0, 0.05) is 6.20 Å². The van der Waals surface area contributed by atoms with Crippen LogP contribution in [0.2, 0.25) is 10.2 Å². The summed E-state index contributed by atoms with van der Waals surface area (Å²) in [6.45, 7) is 2.37. The van der Waals surface area contributed by atoms with E-state index in [0.717, 1.165) is 11.1 Å². The average Bonchev–Trinajstić information content (AvgIpc) is 2.73. The lowest BCUT2D eigenvalue weighted by atomic mass is 10.1. The number of amides is 1. The molecule has 0 spiro atoms. The molecule has 0 bridgehead atoms. The lowest BCUT2D eigenvalue weighted by Gasteiger charge is -2.13. The molecule has 1 heterocycles. The molecule has 0 saturated carbocycles. The Balaban J connectivity index is 1.71. The molecule has 0 aliphatic carbocycles. The first kappa shape index (κ1) is 21.6. The number of halogens is 2. The molecule has 0 unspecified atom stereocenters. The highest BCUT2D eigenvalue weighted by Gasteiger charge is 2.13. The summed E-state index contributed by atoms with van der Waals surface area (Å²) < 4.78 is 11.3. The van der Waals surface area contributed by atoms with Crippen LogP contribution in [-0.4, -0.2) is 24.2 Å². The fraction of sp³-hybridized carbons (Fsp3) is 0.136. The smallest absolute Gasteiger partial charge is 0.274 e. The molecule has 6 nitrogen and oxygen atoms in total. The molecule has 30 heavy (non-hydrogen) atoms. The monoisotopic (exact) mass is 443 g/mol. The summed E-state index contributed by atoms with van der Waals surface area (Å²) in [6.07, 6.45) is 2.94. The van der Waals surface area contributed by atoms with Crippen molar-refractivity contribution in [2.45, 2.75) is 13.5 Å². The highest BCUT2D eigenvalue weighted by molar-refractivity contribution is 6.33. The van der Waals surface area contributed by atoms with Crippen molar-refractivity contribution < 1.29 is 14.3 Å². The Labute approximate surface area is 184 Å². The first-order valence-electron chi connectivity index (χ1n) is 8.97. The van der Waals surface area contributed by atoms with Gasteiger partial charge in [-0.25, -0.2) is 10.4 Å². The highest BCUT2D eigenvalue weighted by Crippen LogP contribution is 2.36. The fourth-order valence-electron chi connectivity index (χ4n) is 2.69. The van der Waals surface area contributed by atoms with E-state index in [9.17, 15) is 4.79 Å². The molecule has 0 saturated heterocycles. The van der Waals surface area contributed by atoms with Crippen molar-refractivity contribution in [2.24, 2.45) is 5.10 Å². The molecule has 0 atom stereocenters. The van der Waals surface area contributed by atoms with Crippen LogP contribution in [0, 0.1) is 6.92 Å². The molecular weight excluding hydrogens is 425 g/mol. The number of carbonyl (C=O) groups excluding carboxylic acids is 1. The maximum absolute atomic E-state index is 12.1. The number of aryl methyl sites for hydroxylation is 1. The van der Waals surface area contributed by atoms with Crippen LogP contribution < -0.4 is 14.9 Å². The van der Waals surface area contributed by atoms with Crippen LogP contribution in [0.4, 0.5) is 0 Å². The summed E-state index contributed by atoms with van der Waals surface area (Å²) in [5, 5.41) is 4.41. The Morgan fingerprint density at radius 1 is 1.20 bits per heavy atom. The minimum atomic E-state index is -0.472. The third kappa shape index (κ3) is 5.49. The number of methoxy groups -OCH3 is 1. The molecule has 0 aliphatic rings. The SMILES string of the molecule is COc1cc(C=NNC(=O)c2cccnc2Cl)cc(Cl)c1OCc1cccc(C)c1. The highest BCUT2D eigenvalue weighted by atomic mass is 35.5. The normalized spacial score (nSPS) is 10.8. The number of hydrazone groups is 1. The number of nitrogens with one attached hydrogen (secondary N) is 1. The number of nitrogens with zero attached hydrogens (tertiary/aromatic N) is 2. The van der Waals surface area contributed by atoms with Crippen molar-refractivity contribution >= 4 is 35.3 Å². The number of aromatic nitrogens is 1. The predicted molar refractivity (Wildman–Crippen MR) is 118 cm³/mol. The second kappa shape index (κ2) is 10.1. The zero-order chi connectivity index (χ0) is 21.5. The second-order valence-corrected chi connectivity index (χ2v) is 7.12. The molecule has 0 fully saturated rings. The van der Waals surface area contributed by atoms with E-state index < -0.39 is 5.91 Å². The van der Waals surface area contributed by atoms with E-state index in [4.69, 9.17) is 32.7 Å². The van der Waals surface area contributed by atoms with Crippen LogP contribution in [0.1, 0.15) is 27.0 Å². The minimum absolute atomic E-state index is 0.102. The molecule has 0 radical (unpaired) electrons. The van der Waals surface area contributed by atoms with Gasteiger partial charge in [0.1, 0.15) is 11.8 Å². The molecule has 2 aromatic carbocycles. The van der Waals surface area contributed by atoms with Gasteiger partial charge in [0.2, 0.25) is 0 Å². The first-order chi connectivity index (χ1) is 14.5. The maximum atomic E-state index is 12.1. The van der Waals surface area contributed by atoms with Gasteiger partial charge in [-0.15, -0.1) is 0 Å². The summed E-state index contributed by atoms with van der Waals surface area (Å²) >= 11 is 12.3. The lowest BCUT2D eigenvalue weighted by Crippen LogP contribution is -2.18. The van der Waals surface area contributed by atoms with Crippen molar-refractivity contribution in [3.05, 3.63) is 87.2 Å². The summed E-state index contributed by atoms with van der Waals surface area (Å²) in [6, 6.07) is 14.6. The zero-order valence-corrected chi connectivity index (χ0v) is 17.9. The molecule has 3 rings (SSSR count). The molecule has 1 amide bonds.